The van der Waals surface area contributed by atoms with E-state index in [9.17, 15) is 4.79 Å². The van der Waals surface area contributed by atoms with Gasteiger partial charge in [-0.15, -0.1) is 0 Å². The highest BCUT2D eigenvalue weighted by Gasteiger charge is 2.07. The van der Waals surface area contributed by atoms with Crippen LogP contribution in [0.5, 0.6) is 5.75 Å². The summed E-state index contributed by atoms with van der Waals surface area (Å²) >= 11 is 0. The first-order valence-electron chi connectivity index (χ1n) is 9.70. The van der Waals surface area contributed by atoms with Gasteiger partial charge in [-0.2, -0.15) is 0 Å². The monoisotopic (exact) mass is 382 g/mol. The Morgan fingerprint density at radius 2 is 1.79 bits per heavy atom. The Morgan fingerprint density at radius 3 is 2.50 bits per heavy atom. The second-order valence-electron chi connectivity index (χ2n) is 6.36. The lowest BCUT2D eigenvalue weighted by molar-refractivity contribution is -0.122. The number of carbonyl (C=O) groups excluding carboxylic acids is 1. The van der Waals surface area contributed by atoms with E-state index in [1.807, 2.05) is 56.3 Å². The molecule has 6 nitrogen and oxygen atoms in total. The fourth-order valence-electron chi connectivity index (χ4n) is 2.65. The molecule has 1 amide bonds. The number of aliphatic imine (C=N–C) groups is 1. The van der Waals surface area contributed by atoms with E-state index in [1.165, 1.54) is 5.56 Å². The van der Waals surface area contributed by atoms with Crippen LogP contribution >= 0.6 is 0 Å². The molecule has 0 spiro atoms. The summed E-state index contributed by atoms with van der Waals surface area (Å²) in [6, 6.07) is 18.1. The van der Waals surface area contributed by atoms with Crippen molar-refractivity contribution in [3.05, 3.63) is 65.7 Å². The zero-order valence-corrected chi connectivity index (χ0v) is 16.9. The number of carbonyl (C=O) groups is 1. The number of amides is 1. The molecule has 0 aliphatic heterocycles. The largest absolute Gasteiger partial charge is 0.484 e. The average Bonchev–Trinajstić information content (AvgIpc) is 2.72. The molecule has 0 fully saturated rings. The molecule has 1 unspecified atom stereocenters. The first-order chi connectivity index (χ1) is 13.6. The minimum Gasteiger partial charge on any atom is -0.484 e. The molecule has 2 aromatic rings. The quantitative estimate of drug-likeness (QED) is 0.460. The van der Waals surface area contributed by atoms with Crippen LogP contribution in [0, 0.1) is 0 Å². The molecule has 2 rings (SSSR count). The second-order valence-corrected chi connectivity index (χ2v) is 6.36. The minimum absolute atomic E-state index is 0.0132. The molecule has 0 aromatic heterocycles. The molecule has 0 heterocycles. The maximum atomic E-state index is 11.5. The van der Waals surface area contributed by atoms with E-state index in [4.69, 9.17) is 4.74 Å². The molecule has 0 bridgehead atoms. The number of rotatable bonds is 9. The van der Waals surface area contributed by atoms with Gasteiger partial charge in [0.15, 0.2) is 12.6 Å². The minimum atomic E-state index is -0.126. The number of nitrogens with zero attached hydrogens (tertiary/aromatic N) is 1. The fourth-order valence-corrected chi connectivity index (χ4v) is 2.65. The van der Waals surface area contributed by atoms with E-state index < -0.39 is 0 Å². The Bertz CT molecular complexity index is 762. The number of hydrogen-bond donors (Lipinski definition) is 3. The van der Waals surface area contributed by atoms with Gasteiger partial charge in [0.2, 0.25) is 0 Å². The van der Waals surface area contributed by atoms with Crippen molar-refractivity contribution in [1.82, 2.24) is 16.0 Å². The Hall–Kier alpha value is -3.02. The average molecular weight is 383 g/mol. The zero-order chi connectivity index (χ0) is 20.2. The molecule has 6 heteroatoms. The molecule has 2 aromatic carbocycles. The van der Waals surface area contributed by atoms with Gasteiger partial charge in [0.25, 0.3) is 5.91 Å². The standard InChI is InChI=1S/C22H30N4O2/c1-4-23-21(27)16-28-20-13-9-10-18(14-20)15-25-22(24-5-2)26-17(3)19-11-7-6-8-12-19/h6-14,17H,4-5,15-16H2,1-3H3,(H,23,27)(H2,24,25,26). The number of likely N-dealkylation sites (N-methyl/N-ethyl adjacent to an activating group) is 1. The maximum absolute atomic E-state index is 11.5. The van der Waals surface area contributed by atoms with Gasteiger partial charge < -0.3 is 20.7 Å². The Balaban J connectivity index is 1.98. The van der Waals surface area contributed by atoms with Crippen LogP contribution in [0.1, 0.15) is 37.9 Å². The summed E-state index contributed by atoms with van der Waals surface area (Å²) in [5.74, 6) is 1.29. The molecule has 28 heavy (non-hydrogen) atoms. The summed E-state index contributed by atoms with van der Waals surface area (Å²) in [4.78, 5) is 16.2. The molecule has 0 saturated heterocycles. The van der Waals surface area contributed by atoms with Crippen molar-refractivity contribution < 1.29 is 9.53 Å². The molecule has 0 radical (unpaired) electrons. The number of ether oxygens (including phenoxy) is 1. The molecular weight excluding hydrogens is 352 g/mol. The van der Waals surface area contributed by atoms with Crippen LogP contribution in [0.3, 0.4) is 0 Å². The van der Waals surface area contributed by atoms with Crippen LogP contribution in [-0.2, 0) is 11.3 Å². The third kappa shape index (κ3) is 7.31. The Labute approximate surface area is 167 Å². The lowest BCUT2D eigenvalue weighted by atomic mass is 10.1. The highest BCUT2D eigenvalue weighted by atomic mass is 16.5. The van der Waals surface area contributed by atoms with Gasteiger partial charge in [0, 0.05) is 13.1 Å². The number of guanidine groups is 1. The topological polar surface area (TPSA) is 74.8 Å². The summed E-state index contributed by atoms with van der Waals surface area (Å²) in [6.45, 7) is 7.93. The SMILES string of the molecule is CCNC(=O)COc1cccc(CN=C(NCC)NC(C)c2ccccc2)c1. The van der Waals surface area contributed by atoms with E-state index in [2.05, 4.69) is 40.0 Å². The predicted octanol–water partition coefficient (Wildman–Crippen LogP) is 3.02. The third-order valence-electron chi connectivity index (χ3n) is 4.06. The van der Waals surface area contributed by atoms with Crippen LogP contribution < -0.4 is 20.7 Å². The number of nitrogens with one attached hydrogen (secondary N) is 3. The van der Waals surface area contributed by atoms with E-state index in [1.54, 1.807) is 0 Å². The van der Waals surface area contributed by atoms with Crippen molar-refractivity contribution >= 4 is 11.9 Å². The van der Waals surface area contributed by atoms with Gasteiger partial charge in [-0.25, -0.2) is 4.99 Å². The van der Waals surface area contributed by atoms with Crippen molar-refractivity contribution in [3.8, 4) is 5.75 Å². The van der Waals surface area contributed by atoms with E-state index in [-0.39, 0.29) is 18.6 Å². The van der Waals surface area contributed by atoms with E-state index >= 15 is 0 Å². The smallest absolute Gasteiger partial charge is 0.257 e. The second kappa shape index (κ2) is 11.6. The van der Waals surface area contributed by atoms with Gasteiger partial charge in [-0.05, 0) is 44.0 Å². The van der Waals surface area contributed by atoms with Crippen molar-refractivity contribution in [1.29, 1.82) is 0 Å². The van der Waals surface area contributed by atoms with Gasteiger partial charge in [0.05, 0.1) is 12.6 Å². The van der Waals surface area contributed by atoms with Crippen molar-refractivity contribution in [2.45, 2.75) is 33.4 Å². The molecular formula is C22H30N4O2. The van der Waals surface area contributed by atoms with Crippen molar-refractivity contribution in [3.63, 3.8) is 0 Å². The summed E-state index contributed by atoms with van der Waals surface area (Å²) < 4.78 is 5.55. The summed E-state index contributed by atoms with van der Waals surface area (Å²) in [7, 11) is 0. The first-order valence-corrected chi connectivity index (χ1v) is 9.70. The van der Waals surface area contributed by atoms with Gasteiger partial charge in [-0.3, -0.25) is 4.79 Å². The lowest BCUT2D eigenvalue weighted by Gasteiger charge is -2.18. The first kappa shape index (κ1) is 21.3. The van der Waals surface area contributed by atoms with Crippen LogP contribution in [0.15, 0.2) is 59.6 Å². The number of benzene rings is 2. The van der Waals surface area contributed by atoms with Crippen LogP contribution in [0.25, 0.3) is 0 Å². The van der Waals surface area contributed by atoms with Crippen LogP contribution in [0.4, 0.5) is 0 Å². The maximum Gasteiger partial charge on any atom is 0.257 e. The van der Waals surface area contributed by atoms with Crippen LogP contribution in [0.2, 0.25) is 0 Å². The molecule has 0 aliphatic rings. The molecule has 3 N–H and O–H groups in total. The van der Waals surface area contributed by atoms with Gasteiger partial charge in [-0.1, -0.05) is 42.5 Å². The predicted molar refractivity (Wildman–Crippen MR) is 113 cm³/mol. The molecule has 0 aliphatic carbocycles. The number of hydrogen-bond acceptors (Lipinski definition) is 3. The van der Waals surface area contributed by atoms with E-state index in [0.717, 1.165) is 18.1 Å². The third-order valence-corrected chi connectivity index (χ3v) is 4.06. The summed E-state index contributed by atoms with van der Waals surface area (Å²) in [5, 5.41) is 9.42. The highest BCUT2D eigenvalue weighted by molar-refractivity contribution is 5.80. The van der Waals surface area contributed by atoms with Crippen molar-refractivity contribution in [2.75, 3.05) is 19.7 Å². The normalized spacial score (nSPS) is 12.2. The van der Waals surface area contributed by atoms with E-state index in [0.29, 0.717) is 18.8 Å². The lowest BCUT2D eigenvalue weighted by Crippen LogP contribution is -2.38. The molecule has 0 saturated carbocycles. The van der Waals surface area contributed by atoms with Gasteiger partial charge in [0.1, 0.15) is 5.75 Å². The summed E-state index contributed by atoms with van der Waals surface area (Å²) in [5.41, 5.74) is 2.21. The zero-order valence-electron chi connectivity index (χ0n) is 16.9. The van der Waals surface area contributed by atoms with Crippen LogP contribution in [-0.4, -0.2) is 31.6 Å². The van der Waals surface area contributed by atoms with Crippen molar-refractivity contribution in [2.24, 2.45) is 4.99 Å². The fraction of sp³-hybridized carbons (Fsp3) is 0.364. The van der Waals surface area contributed by atoms with Gasteiger partial charge >= 0.3 is 0 Å². The summed E-state index contributed by atoms with van der Waals surface area (Å²) in [6.07, 6.45) is 0. The molecule has 150 valence electrons. The molecule has 1 atom stereocenters. The Morgan fingerprint density at radius 1 is 1.04 bits per heavy atom. The highest BCUT2D eigenvalue weighted by Crippen LogP contribution is 2.14. The Kier molecular flexibility index (Phi) is 8.85.